The number of rotatable bonds is 7. The molecule has 300 valence electrons. The van der Waals surface area contributed by atoms with Crippen LogP contribution < -0.4 is 4.90 Å². The Morgan fingerprint density at radius 3 is 1.66 bits per heavy atom. The summed E-state index contributed by atoms with van der Waals surface area (Å²) in [5, 5.41) is 7.37. The number of furan rings is 1. The maximum atomic E-state index is 6.15. The van der Waals surface area contributed by atoms with Gasteiger partial charge in [0.25, 0.3) is 0 Å². The average Bonchev–Trinajstić information content (AvgIpc) is 4.04. The zero-order chi connectivity index (χ0) is 42.1. The van der Waals surface area contributed by atoms with Crippen molar-refractivity contribution in [1.29, 1.82) is 0 Å². The van der Waals surface area contributed by atoms with Crippen molar-refractivity contribution >= 4 is 92.3 Å². The third-order valence-electron chi connectivity index (χ3n) is 12.8. The molecular weight excluding hydrogens is 797 g/mol. The minimum Gasteiger partial charge on any atom is -0.456 e. The number of para-hydroxylation sites is 3. The Labute approximate surface area is 373 Å². The third kappa shape index (κ3) is 6.03. The predicted octanol–water partition coefficient (Wildman–Crippen LogP) is 17.5. The van der Waals surface area contributed by atoms with Crippen LogP contribution in [0, 0.1) is 0 Å². The van der Waals surface area contributed by atoms with Crippen molar-refractivity contribution < 1.29 is 4.42 Å². The van der Waals surface area contributed by atoms with Gasteiger partial charge in [-0.15, -0.1) is 11.3 Å². The van der Waals surface area contributed by atoms with E-state index in [4.69, 9.17) is 4.42 Å². The summed E-state index contributed by atoms with van der Waals surface area (Å²) in [4.78, 5) is 2.37. The van der Waals surface area contributed by atoms with Gasteiger partial charge in [-0.25, -0.2) is 0 Å². The molecule has 64 heavy (non-hydrogen) atoms. The van der Waals surface area contributed by atoms with E-state index in [2.05, 4.69) is 228 Å². The van der Waals surface area contributed by atoms with Crippen LogP contribution in [0.5, 0.6) is 0 Å². The molecule has 0 amide bonds. The molecular formula is C60H38N2OS. The molecule has 3 aromatic heterocycles. The lowest BCUT2D eigenvalue weighted by Crippen LogP contribution is -2.10. The Bertz CT molecular complexity index is 3740. The Hall–Kier alpha value is -8.18. The fraction of sp³-hybridized carbons (Fsp3) is 0. The van der Waals surface area contributed by atoms with E-state index < -0.39 is 0 Å². The SMILES string of the molecule is c1ccc(-n2c3ccccc3c3cc(-c4cccc(N(c5ccc(-c6ccc7oc8ccccc8c7c6)cc5)c5ccc(-c6ccc7sc8ccccc8c7c6)cc5)c4)ccc32)cc1. The second-order valence-electron chi connectivity index (χ2n) is 16.5. The number of hydrogen-bond acceptors (Lipinski definition) is 3. The Morgan fingerprint density at radius 2 is 0.859 bits per heavy atom. The summed E-state index contributed by atoms with van der Waals surface area (Å²) in [6, 6.07) is 83.6. The van der Waals surface area contributed by atoms with Gasteiger partial charge in [0.2, 0.25) is 0 Å². The van der Waals surface area contributed by atoms with Gasteiger partial charge in [0, 0.05) is 64.5 Å². The molecule has 0 saturated heterocycles. The van der Waals surface area contributed by atoms with Crippen molar-refractivity contribution in [1.82, 2.24) is 4.57 Å². The molecule has 0 unspecified atom stereocenters. The van der Waals surface area contributed by atoms with E-state index in [-0.39, 0.29) is 0 Å². The molecule has 0 atom stereocenters. The van der Waals surface area contributed by atoms with Crippen LogP contribution >= 0.6 is 11.3 Å². The van der Waals surface area contributed by atoms with Gasteiger partial charge in [0.15, 0.2) is 0 Å². The first-order valence-electron chi connectivity index (χ1n) is 21.7. The summed E-state index contributed by atoms with van der Waals surface area (Å²) in [7, 11) is 0. The lowest BCUT2D eigenvalue weighted by molar-refractivity contribution is 0.669. The molecule has 0 aliphatic heterocycles. The monoisotopic (exact) mass is 834 g/mol. The lowest BCUT2D eigenvalue weighted by atomic mass is 10.00. The zero-order valence-corrected chi connectivity index (χ0v) is 35.5. The number of anilines is 3. The van der Waals surface area contributed by atoms with Crippen molar-refractivity contribution in [3.05, 3.63) is 231 Å². The molecule has 13 aromatic rings. The van der Waals surface area contributed by atoms with Gasteiger partial charge in [-0.1, -0.05) is 127 Å². The smallest absolute Gasteiger partial charge is 0.135 e. The molecule has 0 aliphatic rings. The lowest BCUT2D eigenvalue weighted by Gasteiger charge is -2.26. The minimum absolute atomic E-state index is 0.903. The van der Waals surface area contributed by atoms with Crippen molar-refractivity contribution in [3.63, 3.8) is 0 Å². The second kappa shape index (κ2) is 14.7. The van der Waals surface area contributed by atoms with Gasteiger partial charge in [-0.3, -0.25) is 0 Å². The second-order valence-corrected chi connectivity index (χ2v) is 17.6. The summed E-state index contributed by atoms with van der Waals surface area (Å²) in [6.45, 7) is 0. The standard InChI is InChI=1S/C60H38N2OS/c1-2-12-45(13-3-1)62-55-18-7-4-15-49(55)52-36-44(25-32-56(52)62)41-11-10-14-48(35-41)61(46-28-21-39(22-29-46)42-26-33-58-53(37-42)50-16-5-8-19-57(50)63-58)47-30-23-40(24-31-47)43-27-34-60-54(38-43)51-17-6-9-20-59(51)64-60/h1-38H. The van der Waals surface area contributed by atoms with Crippen LogP contribution in [-0.2, 0) is 0 Å². The number of thiophene rings is 1. The summed E-state index contributed by atoms with van der Waals surface area (Å²) in [6.07, 6.45) is 0. The summed E-state index contributed by atoms with van der Waals surface area (Å²) >= 11 is 1.86. The fourth-order valence-electron chi connectivity index (χ4n) is 9.70. The Balaban J connectivity index is 0.911. The number of benzene rings is 10. The van der Waals surface area contributed by atoms with Crippen LogP contribution in [0.1, 0.15) is 0 Å². The molecule has 0 fully saturated rings. The normalized spacial score (nSPS) is 11.8. The highest BCUT2D eigenvalue weighted by molar-refractivity contribution is 7.25. The van der Waals surface area contributed by atoms with E-state index >= 15 is 0 Å². The van der Waals surface area contributed by atoms with Gasteiger partial charge in [-0.2, -0.15) is 0 Å². The number of hydrogen-bond donors (Lipinski definition) is 0. The summed E-state index contributed by atoms with van der Waals surface area (Å²) in [5.74, 6) is 0. The van der Waals surface area contributed by atoms with Crippen molar-refractivity contribution in [2.24, 2.45) is 0 Å². The zero-order valence-electron chi connectivity index (χ0n) is 34.7. The first-order chi connectivity index (χ1) is 31.7. The molecule has 3 nitrogen and oxygen atoms in total. The third-order valence-corrected chi connectivity index (χ3v) is 13.9. The molecule has 10 aromatic carbocycles. The van der Waals surface area contributed by atoms with Crippen molar-refractivity contribution in [2.45, 2.75) is 0 Å². The van der Waals surface area contributed by atoms with E-state index in [1.54, 1.807) is 0 Å². The highest BCUT2D eigenvalue weighted by Gasteiger charge is 2.18. The maximum absolute atomic E-state index is 6.15. The largest absolute Gasteiger partial charge is 0.456 e. The molecule has 0 radical (unpaired) electrons. The molecule has 0 bridgehead atoms. The number of nitrogens with zero attached hydrogens (tertiary/aromatic N) is 2. The van der Waals surface area contributed by atoms with Gasteiger partial charge in [-0.05, 0) is 137 Å². The van der Waals surface area contributed by atoms with Crippen LogP contribution in [0.4, 0.5) is 17.1 Å². The highest BCUT2D eigenvalue weighted by Crippen LogP contribution is 2.42. The molecule has 0 spiro atoms. The van der Waals surface area contributed by atoms with Gasteiger partial charge >= 0.3 is 0 Å². The maximum Gasteiger partial charge on any atom is 0.135 e. The average molecular weight is 835 g/mol. The van der Waals surface area contributed by atoms with Gasteiger partial charge < -0.3 is 13.9 Å². The van der Waals surface area contributed by atoms with E-state index in [9.17, 15) is 0 Å². The van der Waals surface area contributed by atoms with E-state index in [1.165, 1.54) is 58.7 Å². The predicted molar refractivity (Wildman–Crippen MR) is 272 cm³/mol. The van der Waals surface area contributed by atoms with E-state index in [0.29, 0.717) is 0 Å². The molecule has 0 saturated carbocycles. The topological polar surface area (TPSA) is 21.3 Å². The van der Waals surface area contributed by atoms with Gasteiger partial charge in [0.05, 0.1) is 11.0 Å². The van der Waals surface area contributed by atoms with Gasteiger partial charge in [0.1, 0.15) is 11.2 Å². The number of fused-ring (bicyclic) bond motifs is 9. The highest BCUT2D eigenvalue weighted by atomic mass is 32.1. The first-order valence-corrected chi connectivity index (χ1v) is 22.5. The van der Waals surface area contributed by atoms with Crippen LogP contribution in [0.25, 0.3) is 103 Å². The van der Waals surface area contributed by atoms with Crippen LogP contribution in [-0.4, -0.2) is 4.57 Å². The number of aromatic nitrogens is 1. The minimum atomic E-state index is 0.903. The molecule has 0 aliphatic carbocycles. The molecule has 4 heteroatoms. The van der Waals surface area contributed by atoms with Crippen molar-refractivity contribution in [2.75, 3.05) is 4.90 Å². The summed E-state index contributed by atoms with van der Waals surface area (Å²) in [5.41, 5.74) is 15.7. The van der Waals surface area contributed by atoms with Crippen LogP contribution in [0.15, 0.2) is 235 Å². The van der Waals surface area contributed by atoms with E-state index in [1.807, 2.05) is 23.5 Å². The molecule has 3 heterocycles. The quantitative estimate of drug-likeness (QED) is 0.159. The van der Waals surface area contributed by atoms with Crippen molar-refractivity contribution in [3.8, 4) is 39.1 Å². The Kier molecular flexibility index (Phi) is 8.40. The molecule has 0 N–H and O–H groups in total. The molecule has 13 rings (SSSR count). The summed E-state index contributed by atoms with van der Waals surface area (Å²) < 4.78 is 11.2. The van der Waals surface area contributed by atoms with Crippen LogP contribution in [0.2, 0.25) is 0 Å². The first kappa shape index (κ1) is 36.5. The Morgan fingerprint density at radius 1 is 0.312 bits per heavy atom. The fourth-order valence-corrected chi connectivity index (χ4v) is 10.8. The van der Waals surface area contributed by atoms with E-state index in [0.717, 1.165) is 61.4 Å². The van der Waals surface area contributed by atoms with Crippen LogP contribution in [0.3, 0.4) is 0 Å².